The number of aromatic nitrogens is 2. The van der Waals surface area contributed by atoms with Crippen LogP contribution in [-0.4, -0.2) is 54.1 Å². The quantitative estimate of drug-likeness (QED) is 0.809. The zero-order valence-electron chi connectivity index (χ0n) is 17.7. The van der Waals surface area contributed by atoms with Crippen LogP contribution in [0.3, 0.4) is 0 Å². The van der Waals surface area contributed by atoms with Crippen LogP contribution in [0.2, 0.25) is 0 Å². The lowest BCUT2D eigenvalue weighted by Crippen LogP contribution is -2.49. The van der Waals surface area contributed by atoms with Crippen LogP contribution < -0.4 is 15.2 Å². The molecule has 2 heterocycles. The first-order valence-corrected chi connectivity index (χ1v) is 10.2. The second-order valence-electron chi connectivity index (χ2n) is 7.77. The highest BCUT2D eigenvalue weighted by Gasteiger charge is 2.26. The Hall–Kier alpha value is -2.83. The first-order chi connectivity index (χ1) is 13.9. The Balaban J connectivity index is 1.73. The molecule has 7 nitrogen and oxygen atoms in total. The van der Waals surface area contributed by atoms with E-state index in [1.54, 1.807) is 12.0 Å². The lowest BCUT2D eigenvalue weighted by molar-refractivity contribution is 0.0738. The van der Waals surface area contributed by atoms with Gasteiger partial charge in [-0.05, 0) is 30.9 Å². The highest BCUT2D eigenvalue weighted by Crippen LogP contribution is 2.22. The normalized spacial score (nSPS) is 14.4. The molecular weight excluding hydrogens is 368 g/mol. The number of hydrogen-bond donors (Lipinski definition) is 1. The fourth-order valence-electron chi connectivity index (χ4n) is 3.62. The number of anilines is 1. The molecule has 7 heteroatoms. The predicted octanol–water partition coefficient (Wildman–Crippen LogP) is 2.50. The van der Waals surface area contributed by atoms with Crippen molar-refractivity contribution < 1.29 is 9.53 Å². The molecule has 0 saturated carbocycles. The molecule has 156 valence electrons. The highest BCUT2D eigenvalue weighted by molar-refractivity contribution is 5.93. The summed E-state index contributed by atoms with van der Waals surface area (Å²) in [5.41, 5.74) is 2.34. The molecule has 0 aliphatic carbocycles. The molecule has 1 aromatic heterocycles. The van der Waals surface area contributed by atoms with E-state index in [1.165, 1.54) is 0 Å². The number of methoxy groups -OCH3 is 1. The molecular formula is C22H30N4O3. The largest absolute Gasteiger partial charge is 0.497 e. The van der Waals surface area contributed by atoms with Gasteiger partial charge in [-0.25, -0.2) is 4.98 Å². The maximum absolute atomic E-state index is 13.1. The Morgan fingerprint density at radius 1 is 1.21 bits per heavy atom. The number of aromatic amines is 1. The second kappa shape index (κ2) is 9.11. The number of amides is 1. The summed E-state index contributed by atoms with van der Waals surface area (Å²) in [6, 6.07) is 7.93. The minimum Gasteiger partial charge on any atom is -0.497 e. The number of ether oxygens (including phenoxy) is 1. The van der Waals surface area contributed by atoms with E-state index in [-0.39, 0.29) is 11.5 Å². The van der Waals surface area contributed by atoms with E-state index in [9.17, 15) is 9.59 Å². The van der Waals surface area contributed by atoms with Crippen molar-refractivity contribution >= 4 is 11.6 Å². The van der Waals surface area contributed by atoms with E-state index < -0.39 is 0 Å². The van der Waals surface area contributed by atoms with Gasteiger partial charge in [-0.1, -0.05) is 26.8 Å². The molecule has 0 radical (unpaired) electrons. The Kier molecular flexibility index (Phi) is 6.56. The smallest absolute Gasteiger partial charge is 0.272 e. The third kappa shape index (κ3) is 4.78. The number of hydrogen-bond acceptors (Lipinski definition) is 5. The van der Waals surface area contributed by atoms with Crippen molar-refractivity contribution in [1.29, 1.82) is 0 Å². The number of H-pyrrole nitrogens is 1. The SMILES string of the molecule is CCc1nc(CC(C)C)c(=O)[nH]c1C(=O)N1CCN(c2cccc(OC)c2)CC1. The monoisotopic (exact) mass is 398 g/mol. The third-order valence-electron chi connectivity index (χ3n) is 5.19. The molecule has 29 heavy (non-hydrogen) atoms. The number of aryl methyl sites for hydroxylation is 1. The van der Waals surface area contributed by atoms with E-state index >= 15 is 0 Å². The van der Waals surface area contributed by atoms with Crippen molar-refractivity contribution in [2.75, 3.05) is 38.2 Å². The Labute approximate surface area is 171 Å². The summed E-state index contributed by atoms with van der Waals surface area (Å²) >= 11 is 0. The number of carbonyl (C=O) groups is 1. The van der Waals surface area contributed by atoms with Gasteiger partial charge in [0.05, 0.1) is 12.8 Å². The maximum atomic E-state index is 13.1. The summed E-state index contributed by atoms with van der Waals surface area (Å²) in [7, 11) is 1.66. The van der Waals surface area contributed by atoms with Crippen molar-refractivity contribution in [1.82, 2.24) is 14.9 Å². The standard InChI is InChI=1S/C22H30N4O3/c1-5-18-20(24-21(27)19(23-18)13-15(2)3)22(28)26-11-9-25(10-12-26)16-7-6-8-17(14-16)29-4/h6-8,14-15H,5,9-13H2,1-4H3,(H,24,27). The van der Waals surface area contributed by atoms with Gasteiger partial charge in [0.2, 0.25) is 0 Å². The van der Waals surface area contributed by atoms with Crippen LogP contribution in [0.25, 0.3) is 0 Å². The fourth-order valence-corrected chi connectivity index (χ4v) is 3.62. The third-order valence-corrected chi connectivity index (χ3v) is 5.19. The van der Waals surface area contributed by atoms with Crippen LogP contribution in [0.1, 0.15) is 42.6 Å². The number of nitrogens with one attached hydrogen (secondary N) is 1. The van der Waals surface area contributed by atoms with Gasteiger partial charge in [0.1, 0.15) is 17.1 Å². The number of piperazine rings is 1. The molecule has 1 saturated heterocycles. The van der Waals surface area contributed by atoms with Gasteiger partial charge in [0.25, 0.3) is 11.5 Å². The maximum Gasteiger partial charge on any atom is 0.272 e. The Morgan fingerprint density at radius 2 is 1.93 bits per heavy atom. The zero-order chi connectivity index (χ0) is 21.0. The van der Waals surface area contributed by atoms with E-state index in [0.717, 1.165) is 24.5 Å². The van der Waals surface area contributed by atoms with Gasteiger partial charge in [-0.3, -0.25) is 9.59 Å². The Morgan fingerprint density at radius 3 is 2.55 bits per heavy atom. The zero-order valence-corrected chi connectivity index (χ0v) is 17.7. The minimum atomic E-state index is -0.255. The molecule has 0 spiro atoms. The molecule has 1 amide bonds. The fraction of sp³-hybridized carbons (Fsp3) is 0.500. The molecule has 1 aliphatic rings. The van der Waals surface area contributed by atoms with Crippen LogP contribution in [0.15, 0.2) is 29.1 Å². The second-order valence-corrected chi connectivity index (χ2v) is 7.77. The summed E-state index contributed by atoms with van der Waals surface area (Å²) < 4.78 is 5.30. The number of benzene rings is 1. The van der Waals surface area contributed by atoms with E-state index in [1.807, 2.05) is 45.0 Å². The summed E-state index contributed by atoms with van der Waals surface area (Å²) in [6.07, 6.45) is 1.21. The number of carbonyl (C=O) groups excluding carboxylic acids is 1. The van der Waals surface area contributed by atoms with Gasteiger partial charge >= 0.3 is 0 Å². The number of rotatable bonds is 6. The van der Waals surface area contributed by atoms with E-state index in [2.05, 4.69) is 14.9 Å². The average molecular weight is 399 g/mol. The lowest BCUT2D eigenvalue weighted by Gasteiger charge is -2.36. The molecule has 0 atom stereocenters. The van der Waals surface area contributed by atoms with Gasteiger partial charge in [0.15, 0.2) is 0 Å². The molecule has 2 aromatic rings. The predicted molar refractivity (Wildman–Crippen MR) is 114 cm³/mol. The first kappa shape index (κ1) is 20.9. The van der Waals surface area contributed by atoms with Crippen molar-refractivity contribution in [3.8, 4) is 5.75 Å². The van der Waals surface area contributed by atoms with E-state index in [4.69, 9.17) is 4.74 Å². The topological polar surface area (TPSA) is 78.5 Å². The van der Waals surface area contributed by atoms with Gasteiger partial charge in [0, 0.05) is 37.9 Å². The summed E-state index contributed by atoms with van der Waals surface area (Å²) in [6.45, 7) is 8.69. The molecule has 3 rings (SSSR count). The van der Waals surface area contributed by atoms with Crippen LogP contribution in [0.4, 0.5) is 5.69 Å². The van der Waals surface area contributed by atoms with Crippen molar-refractivity contribution in [2.45, 2.75) is 33.6 Å². The van der Waals surface area contributed by atoms with Crippen LogP contribution in [-0.2, 0) is 12.8 Å². The van der Waals surface area contributed by atoms with Crippen LogP contribution in [0.5, 0.6) is 5.75 Å². The Bertz CT molecular complexity index is 915. The molecule has 0 bridgehead atoms. The number of nitrogens with zero attached hydrogens (tertiary/aromatic N) is 3. The highest BCUT2D eigenvalue weighted by atomic mass is 16.5. The van der Waals surface area contributed by atoms with Crippen LogP contribution in [0, 0.1) is 5.92 Å². The molecule has 1 aromatic carbocycles. The minimum absolute atomic E-state index is 0.146. The van der Waals surface area contributed by atoms with Crippen molar-refractivity contribution in [2.24, 2.45) is 5.92 Å². The van der Waals surface area contributed by atoms with Gasteiger partial charge in [-0.2, -0.15) is 0 Å². The molecule has 0 unspecified atom stereocenters. The van der Waals surface area contributed by atoms with Crippen LogP contribution >= 0.6 is 0 Å². The van der Waals surface area contributed by atoms with Gasteiger partial charge < -0.3 is 19.5 Å². The first-order valence-electron chi connectivity index (χ1n) is 10.2. The van der Waals surface area contributed by atoms with Crippen molar-refractivity contribution in [3.05, 3.63) is 51.7 Å². The summed E-state index contributed by atoms with van der Waals surface area (Å²) in [4.78, 5) is 36.9. The lowest BCUT2D eigenvalue weighted by atomic mass is 10.1. The van der Waals surface area contributed by atoms with E-state index in [0.29, 0.717) is 48.9 Å². The molecule has 1 N–H and O–H groups in total. The molecule has 1 fully saturated rings. The van der Waals surface area contributed by atoms with Gasteiger partial charge in [-0.15, -0.1) is 0 Å². The van der Waals surface area contributed by atoms with Crippen molar-refractivity contribution in [3.63, 3.8) is 0 Å². The average Bonchev–Trinajstić information content (AvgIpc) is 2.74. The summed E-state index contributed by atoms with van der Waals surface area (Å²) in [5.74, 6) is 1.01. The molecule has 1 aliphatic heterocycles. The summed E-state index contributed by atoms with van der Waals surface area (Å²) in [5, 5.41) is 0.